The highest BCUT2D eigenvalue weighted by Crippen LogP contribution is 2.34. The molecule has 2 aromatic carbocycles. The molecule has 2 aliphatic heterocycles. The lowest BCUT2D eigenvalue weighted by Gasteiger charge is -2.33. The Balaban J connectivity index is 1.53. The summed E-state index contributed by atoms with van der Waals surface area (Å²) in [6.45, 7) is 0.916. The average Bonchev–Trinajstić information content (AvgIpc) is 3.40. The first-order valence-electron chi connectivity index (χ1n) is 11.9. The molecule has 178 valence electrons. The Hall–Kier alpha value is -3.00. The van der Waals surface area contributed by atoms with E-state index in [2.05, 4.69) is 39.7 Å². The van der Waals surface area contributed by atoms with E-state index in [1.165, 1.54) is 35.9 Å². The first kappa shape index (κ1) is 22.8. The molecule has 1 saturated carbocycles. The second-order valence-electron chi connectivity index (χ2n) is 8.81. The molecule has 0 atom stereocenters. The van der Waals surface area contributed by atoms with Crippen LogP contribution in [0.25, 0.3) is 0 Å². The van der Waals surface area contributed by atoms with Gasteiger partial charge in [0.15, 0.2) is 11.5 Å². The number of ether oxygens (including phenoxy) is 2. The minimum atomic E-state index is -0.101. The van der Waals surface area contributed by atoms with Gasteiger partial charge in [-0.3, -0.25) is 9.79 Å². The zero-order chi connectivity index (χ0) is 23.5. The van der Waals surface area contributed by atoms with E-state index in [4.69, 9.17) is 14.5 Å². The maximum Gasteiger partial charge on any atom is 0.299 e. The minimum absolute atomic E-state index is 0.101. The predicted molar refractivity (Wildman–Crippen MR) is 138 cm³/mol. The van der Waals surface area contributed by atoms with E-state index in [-0.39, 0.29) is 5.24 Å². The van der Waals surface area contributed by atoms with Crippen molar-refractivity contribution in [2.75, 3.05) is 31.4 Å². The number of rotatable bonds is 5. The van der Waals surface area contributed by atoms with Crippen LogP contribution in [0.15, 0.2) is 46.5 Å². The van der Waals surface area contributed by atoms with Crippen molar-refractivity contribution in [1.82, 2.24) is 5.43 Å². The summed E-state index contributed by atoms with van der Waals surface area (Å²) in [5.74, 6) is 3.02. The van der Waals surface area contributed by atoms with E-state index in [9.17, 15) is 4.79 Å². The lowest BCUT2D eigenvalue weighted by molar-refractivity contribution is 0.261. The number of benzene rings is 2. The molecule has 1 amide bonds. The number of anilines is 1. The second kappa shape index (κ2) is 10.1. The molecule has 0 bridgehead atoms. The number of carbonyl (C=O) groups is 1. The van der Waals surface area contributed by atoms with Crippen LogP contribution in [0, 0.1) is 0 Å². The molecule has 0 radical (unpaired) electrons. The van der Waals surface area contributed by atoms with Gasteiger partial charge in [0.1, 0.15) is 5.84 Å². The third kappa shape index (κ3) is 4.64. The Bertz CT molecular complexity index is 1140. The molecule has 1 fully saturated rings. The van der Waals surface area contributed by atoms with Crippen LogP contribution in [0.1, 0.15) is 48.8 Å². The first-order chi connectivity index (χ1) is 16.7. The van der Waals surface area contributed by atoms with Crippen LogP contribution >= 0.6 is 11.8 Å². The number of carbonyl (C=O) groups excluding carboxylic acids is 1. The Morgan fingerprint density at radius 3 is 2.65 bits per heavy atom. The van der Waals surface area contributed by atoms with Gasteiger partial charge in [-0.1, -0.05) is 30.7 Å². The van der Waals surface area contributed by atoms with E-state index in [0.717, 1.165) is 54.9 Å². The number of thioether (sulfide) groups is 1. The standard InChI is InChI=1S/C26H30N4O3S/c1-32-23-12-10-19(15-24(23)33-2)25(27-20-7-3-4-8-20)30-13-5-6-18-14-17(9-11-22(18)30)21-16-34-26(31)29-28-21/h9-12,14-15,20H,3-8,13,16H2,1-2H3,(H,29,31)/b27-25-. The molecule has 2 heterocycles. The topological polar surface area (TPSA) is 75.5 Å². The summed E-state index contributed by atoms with van der Waals surface area (Å²) in [7, 11) is 3.33. The maximum absolute atomic E-state index is 11.5. The molecule has 34 heavy (non-hydrogen) atoms. The van der Waals surface area contributed by atoms with Crippen molar-refractivity contribution in [1.29, 1.82) is 0 Å². The van der Waals surface area contributed by atoms with Gasteiger partial charge in [-0.05, 0) is 67.1 Å². The summed E-state index contributed by atoms with van der Waals surface area (Å²) in [5.41, 5.74) is 8.06. The fraction of sp³-hybridized carbons (Fsp3) is 0.423. The molecule has 3 aliphatic rings. The number of hydrazone groups is 1. The summed E-state index contributed by atoms with van der Waals surface area (Å²) in [6, 6.07) is 12.9. The van der Waals surface area contributed by atoms with Crippen LogP contribution in [0.4, 0.5) is 10.5 Å². The molecule has 8 heteroatoms. The van der Waals surface area contributed by atoms with Gasteiger partial charge in [0.2, 0.25) is 0 Å². The monoisotopic (exact) mass is 478 g/mol. The Morgan fingerprint density at radius 1 is 1.09 bits per heavy atom. The Labute approximate surface area is 204 Å². The third-order valence-corrected chi connectivity index (χ3v) is 7.45. The average molecular weight is 479 g/mol. The van der Waals surface area contributed by atoms with Crippen molar-refractivity contribution >= 4 is 34.2 Å². The largest absolute Gasteiger partial charge is 0.493 e. The van der Waals surface area contributed by atoms with Gasteiger partial charge in [-0.2, -0.15) is 5.10 Å². The minimum Gasteiger partial charge on any atom is -0.493 e. The van der Waals surface area contributed by atoms with E-state index in [1.807, 2.05) is 12.1 Å². The van der Waals surface area contributed by atoms with E-state index in [0.29, 0.717) is 23.3 Å². The molecule has 2 aromatic rings. The zero-order valence-corrected chi connectivity index (χ0v) is 20.5. The smallest absolute Gasteiger partial charge is 0.299 e. The highest BCUT2D eigenvalue weighted by atomic mass is 32.2. The number of amides is 1. The molecule has 1 aliphatic carbocycles. The molecule has 0 spiro atoms. The van der Waals surface area contributed by atoms with Gasteiger partial charge >= 0.3 is 0 Å². The first-order valence-corrected chi connectivity index (χ1v) is 12.8. The molecular formula is C26H30N4O3S. The summed E-state index contributed by atoms with van der Waals surface area (Å²) in [6.07, 6.45) is 6.81. The van der Waals surface area contributed by atoms with E-state index in [1.54, 1.807) is 14.2 Å². The second-order valence-corrected chi connectivity index (χ2v) is 9.75. The highest BCUT2D eigenvalue weighted by Gasteiger charge is 2.26. The summed E-state index contributed by atoms with van der Waals surface area (Å²) in [4.78, 5) is 19.1. The number of amidine groups is 1. The maximum atomic E-state index is 11.5. The van der Waals surface area contributed by atoms with Crippen molar-refractivity contribution in [2.45, 2.75) is 44.6 Å². The normalized spacial score (nSPS) is 18.9. The number of aryl methyl sites for hydroxylation is 1. The van der Waals surface area contributed by atoms with Crippen molar-refractivity contribution in [3.05, 3.63) is 53.1 Å². The lowest BCUT2D eigenvalue weighted by atomic mass is 9.96. The van der Waals surface area contributed by atoms with Crippen LogP contribution in [0.3, 0.4) is 0 Å². The van der Waals surface area contributed by atoms with Gasteiger partial charge in [-0.15, -0.1) is 0 Å². The molecule has 7 nitrogen and oxygen atoms in total. The highest BCUT2D eigenvalue weighted by molar-refractivity contribution is 8.14. The number of fused-ring (bicyclic) bond motifs is 1. The van der Waals surface area contributed by atoms with Crippen molar-refractivity contribution in [3.8, 4) is 11.5 Å². The third-order valence-electron chi connectivity index (χ3n) is 6.68. The number of methoxy groups -OCH3 is 2. The molecule has 0 unspecified atom stereocenters. The van der Waals surface area contributed by atoms with Crippen molar-refractivity contribution in [2.24, 2.45) is 10.1 Å². The fourth-order valence-electron chi connectivity index (χ4n) is 4.94. The van der Waals surface area contributed by atoms with Gasteiger partial charge in [0.05, 0.1) is 26.0 Å². The van der Waals surface area contributed by atoms with E-state index < -0.39 is 0 Å². The molecule has 5 rings (SSSR count). The van der Waals surface area contributed by atoms with Crippen LogP contribution in [-0.2, 0) is 6.42 Å². The van der Waals surface area contributed by atoms with Crippen LogP contribution in [-0.4, -0.2) is 49.3 Å². The van der Waals surface area contributed by atoms with Crippen molar-refractivity contribution in [3.63, 3.8) is 0 Å². The number of hydrogen-bond donors (Lipinski definition) is 1. The Morgan fingerprint density at radius 2 is 1.91 bits per heavy atom. The number of nitrogens with one attached hydrogen (secondary N) is 1. The SMILES string of the molecule is COc1ccc(/C(=N/C2CCCC2)N2CCCc3cc(C4=NNC(=O)SC4)ccc32)cc1OC. The molecular weight excluding hydrogens is 448 g/mol. The van der Waals surface area contributed by atoms with Gasteiger partial charge in [0.25, 0.3) is 5.24 Å². The fourth-order valence-corrected chi connectivity index (χ4v) is 5.55. The molecule has 0 aromatic heterocycles. The zero-order valence-electron chi connectivity index (χ0n) is 19.7. The number of hydrogen-bond acceptors (Lipinski definition) is 6. The molecule has 0 saturated heterocycles. The van der Waals surface area contributed by atoms with Crippen LogP contribution < -0.4 is 19.8 Å². The summed E-state index contributed by atoms with van der Waals surface area (Å²) in [5, 5.41) is 4.17. The predicted octanol–water partition coefficient (Wildman–Crippen LogP) is 5.01. The van der Waals surface area contributed by atoms with Crippen LogP contribution in [0.2, 0.25) is 0 Å². The quantitative estimate of drug-likeness (QED) is 0.483. The number of nitrogens with zero attached hydrogens (tertiary/aromatic N) is 3. The Kier molecular flexibility index (Phi) is 6.76. The van der Waals surface area contributed by atoms with Gasteiger partial charge in [-0.25, -0.2) is 5.43 Å². The van der Waals surface area contributed by atoms with Crippen LogP contribution in [0.5, 0.6) is 11.5 Å². The van der Waals surface area contributed by atoms with E-state index >= 15 is 0 Å². The summed E-state index contributed by atoms with van der Waals surface area (Å²) >= 11 is 1.25. The van der Waals surface area contributed by atoms with Crippen molar-refractivity contribution < 1.29 is 14.3 Å². The number of aliphatic imine (C=N–C) groups is 1. The summed E-state index contributed by atoms with van der Waals surface area (Å²) < 4.78 is 11.1. The van der Waals surface area contributed by atoms with Gasteiger partial charge in [0, 0.05) is 23.5 Å². The lowest BCUT2D eigenvalue weighted by Crippen LogP contribution is -2.37. The molecule has 1 N–H and O–H groups in total. The van der Waals surface area contributed by atoms with Gasteiger partial charge < -0.3 is 14.4 Å².